The van der Waals surface area contributed by atoms with Gasteiger partial charge in [-0.3, -0.25) is 0 Å². The van der Waals surface area contributed by atoms with Crippen LogP contribution in [0.15, 0.2) is 6.07 Å². The van der Waals surface area contributed by atoms with Gasteiger partial charge in [0.2, 0.25) is 17.7 Å². The van der Waals surface area contributed by atoms with Crippen molar-refractivity contribution in [3.63, 3.8) is 0 Å². The fourth-order valence-electron chi connectivity index (χ4n) is 2.44. The molecule has 1 saturated carbocycles. The SMILES string of the molecule is COc1cc(OC)nc(NCC2CCCC2C)n1. The van der Waals surface area contributed by atoms with Crippen molar-refractivity contribution in [3.8, 4) is 11.8 Å². The molecule has 5 nitrogen and oxygen atoms in total. The summed E-state index contributed by atoms with van der Waals surface area (Å²) in [4.78, 5) is 8.52. The number of hydrogen-bond donors (Lipinski definition) is 1. The third-order valence-electron chi connectivity index (χ3n) is 3.66. The number of methoxy groups -OCH3 is 2. The second-order valence-corrected chi connectivity index (χ2v) is 4.83. The van der Waals surface area contributed by atoms with E-state index >= 15 is 0 Å². The summed E-state index contributed by atoms with van der Waals surface area (Å²) in [6.07, 6.45) is 3.94. The van der Waals surface area contributed by atoms with Gasteiger partial charge in [0.1, 0.15) is 0 Å². The van der Waals surface area contributed by atoms with Crippen LogP contribution in [-0.4, -0.2) is 30.7 Å². The van der Waals surface area contributed by atoms with Crippen molar-refractivity contribution in [1.29, 1.82) is 0 Å². The molecule has 0 aliphatic heterocycles. The minimum absolute atomic E-state index is 0.517. The van der Waals surface area contributed by atoms with Crippen LogP contribution >= 0.6 is 0 Å². The Morgan fingerprint density at radius 3 is 2.39 bits per heavy atom. The van der Waals surface area contributed by atoms with E-state index in [1.807, 2.05) is 0 Å². The average Bonchev–Trinajstić information content (AvgIpc) is 2.81. The van der Waals surface area contributed by atoms with Crippen LogP contribution in [0, 0.1) is 11.8 Å². The highest BCUT2D eigenvalue weighted by Gasteiger charge is 2.23. The summed E-state index contributed by atoms with van der Waals surface area (Å²) in [6, 6.07) is 1.67. The Morgan fingerprint density at radius 1 is 1.22 bits per heavy atom. The largest absolute Gasteiger partial charge is 0.481 e. The lowest BCUT2D eigenvalue weighted by atomic mass is 9.98. The number of hydrogen-bond acceptors (Lipinski definition) is 5. The van der Waals surface area contributed by atoms with Gasteiger partial charge in [0.15, 0.2) is 0 Å². The van der Waals surface area contributed by atoms with Crippen LogP contribution in [0.25, 0.3) is 0 Å². The highest BCUT2D eigenvalue weighted by molar-refractivity contribution is 5.33. The molecule has 2 unspecified atom stereocenters. The Balaban J connectivity index is 1.99. The molecule has 0 amide bonds. The normalized spacial score (nSPS) is 22.8. The molecule has 2 atom stereocenters. The minimum Gasteiger partial charge on any atom is -0.481 e. The van der Waals surface area contributed by atoms with Crippen LogP contribution in [0.4, 0.5) is 5.95 Å². The van der Waals surface area contributed by atoms with E-state index in [1.54, 1.807) is 20.3 Å². The quantitative estimate of drug-likeness (QED) is 0.870. The van der Waals surface area contributed by atoms with Crippen LogP contribution in [0.1, 0.15) is 26.2 Å². The summed E-state index contributed by atoms with van der Waals surface area (Å²) >= 11 is 0. The first-order valence-corrected chi connectivity index (χ1v) is 6.44. The first-order valence-electron chi connectivity index (χ1n) is 6.44. The maximum Gasteiger partial charge on any atom is 0.229 e. The second kappa shape index (κ2) is 5.89. The van der Waals surface area contributed by atoms with Crippen LogP contribution in [0.2, 0.25) is 0 Å². The summed E-state index contributed by atoms with van der Waals surface area (Å²) in [6.45, 7) is 3.23. The van der Waals surface area contributed by atoms with Gasteiger partial charge < -0.3 is 14.8 Å². The van der Waals surface area contributed by atoms with E-state index < -0.39 is 0 Å². The predicted molar refractivity (Wildman–Crippen MR) is 70.1 cm³/mol. The molecule has 2 rings (SSSR count). The van der Waals surface area contributed by atoms with Gasteiger partial charge in [0.25, 0.3) is 0 Å². The molecular formula is C13H21N3O2. The molecule has 0 saturated heterocycles. The van der Waals surface area contributed by atoms with Gasteiger partial charge in [-0.1, -0.05) is 19.8 Å². The lowest BCUT2D eigenvalue weighted by molar-refractivity contribution is 0.372. The van der Waals surface area contributed by atoms with Gasteiger partial charge in [-0.2, -0.15) is 9.97 Å². The molecule has 1 N–H and O–H groups in total. The number of rotatable bonds is 5. The molecular weight excluding hydrogens is 230 g/mol. The molecule has 1 fully saturated rings. The van der Waals surface area contributed by atoms with Crippen molar-refractivity contribution >= 4 is 5.95 Å². The lowest BCUT2D eigenvalue weighted by Crippen LogP contribution is -2.18. The van der Waals surface area contributed by atoms with E-state index in [9.17, 15) is 0 Å². The average molecular weight is 251 g/mol. The van der Waals surface area contributed by atoms with E-state index in [0.29, 0.717) is 23.6 Å². The monoisotopic (exact) mass is 251 g/mol. The van der Waals surface area contributed by atoms with Crippen LogP contribution in [-0.2, 0) is 0 Å². The summed E-state index contributed by atoms with van der Waals surface area (Å²) in [5, 5.41) is 3.28. The zero-order chi connectivity index (χ0) is 13.0. The molecule has 1 aliphatic carbocycles. The van der Waals surface area contributed by atoms with Gasteiger partial charge in [0, 0.05) is 6.54 Å². The third kappa shape index (κ3) is 3.03. The number of ether oxygens (including phenoxy) is 2. The summed E-state index contributed by atoms with van der Waals surface area (Å²) in [7, 11) is 3.18. The molecule has 0 bridgehead atoms. The zero-order valence-electron chi connectivity index (χ0n) is 11.3. The molecule has 0 spiro atoms. The van der Waals surface area contributed by atoms with Gasteiger partial charge in [-0.25, -0.2) is 0 Å². The second-order valence-electron chi connectivity index (χ2n) is 4.83. The van der Waals surface area contributed by atoms with Crippen molar-refractivity contribution in [2.75, 3.05) is 26.1 Å². The first-order chi connectivity index (χ1) is 8.72. The number of nitrogens with one attached hydrogen (secondary N) is 1. The third-order valence-corrected chi connectivity index (χ3v) is 3.66. The Kier molecular flexibility index (Phi) is 4.23. The molecule has 1 aromatic rings. The Morgan fingerprint density at radius 2 is 1.89 bits per heavy atom. The molecule has 0 radical (unpaired) electrons. The smallest absolute Gasteiger partial charge is 0.229 e. The van der Waals surface area contributed by atoms with Crippen LogP contribution < -0.4 is 14.8 Å². The molecule has 1 aromatic heterocycles. The van der Waals surface area contributed by atoms with Crippen molar-refractivity contribution in [2.24, 2.45) is 11.8 Å². The van der Waals surface area contributed by atoms with E-state index in [1.165, 1.54) is 19.3 Å². The fraction of sp³-hybridized carbons (Fsp3) is 0.692. The predicted octanol–water partition coefficient (Wildman–Crippen LogP) is 2.34. The van der Waals surface area contributed by atoms with Crippen molar-refractivity contribution in [3.05, 3.63) is 6.07 Å². The standard InChI is InChI=1S/C13H21N3O2/c1-9-5-4-6-10(9)8-14-13-15-11(17-2)7-12(16-13)18-3/h7,9-10H,4-6,8H2,1-3H3,(H,14,15,16). The maximum absolute atomic E-state index is 5.12. The molecule has 18 heavy (non-hydrogen) atoms. The first kappa shape index (κ1) is 12.9. The maximum atomic E-state index is 5.12. The molecule has 0 aromatic carbocycles. The van der Waals surface area contributed by atoms with Gasteiger partial charge >= 0.3 is 0 Å². The number of nitrogens with zero attached hydrogens (tertiary/aromatic N) is 2. The van der Waals surface area contributed by atoms with Crippen molar-refractivity contribution < 1.29 is 9.47 Å². The molecule has 1 aliphatic rings. The van der Waals surface area contributed by atoms with Gasteiger partial charge in [0.05, 0.1) is 20.3 Å². The topological polar surface area (TPSA) is 56.3 Å². The molecule has 100 valence electrons. The lowest BCUT2D eigenvalue weighted by Gasteiger charge is -2.16. The van der Waals surface area contributed by atoms with Crippen molar-refractivity contribution in [1.82, 2.24) is 9.97 Å². The Bertz CT molecular complexity index is 376. The van der Waals surface area contributed by atoms with E-state index in [-0.39, 0.29) is 0 Å². The Labute approximate surface area is 108 Å². The van der Waals surface area contributed by atoms with E-state index in [2.05, 4.69) is 22.2 Å². The van der Waals surface area contributed by atoms with Gasteiger partial charge in [-0.15, -0.1) is 0 Å². The summed E-state index contributed by atoms with van der Waals surface area (Å²) in [5.74, 6) is 3.11. The number of anilines is 1. The van der Waals surface area contributed by atoms with Crippen molar-refractivity contribution in [2.45, 2.75) is 26.2 Å². The van der Waals surface area contributed by atoms with E-state index in [4.69, 9.17) is 9.47 Å². The highest BCUT2D eigenvalue weighted by Crippen LogP contribution is 2.31. The molecule has 1 heterocycles. The van der Waals surface area contributed by atoms with Crippen LogP contribution in [0.3, 0.4) is 0 Å². The highest BCUT2D eigenvalue weighted by atomic mass is 16.5. The van der Waals surface area contributed by atoms with E-state index in [0.717, 1.165) is 12.5 Å². The summed E-state index contributed by atoms with van der Waals surface area (Å²) < 4.78 is 10.2. The van der Waals surface area contributed by atoms with Gasteiger partial charge in [-0.05, 0) is 18.3 Å². The fourth-order valence-corrected chi connectivity index (χ4v) is 2.44. The van der Waals surface area contributed by atoms with Crippen LogP contribution in [0.5, 0.6) is 11.8 Å². The summed E-state index contributed by atoms with van der Waals surface area (Å²) in [5.41, 5.74) is 0. The minimum atomic E-state index is 0.517. The Hall–Kier alpha value is -1.52. The molecule has 5 heteroatoms. The number of aromatic nitrogens is 2. The zero-order valence-corrected chi connectivity index (χ0v) is 11.3.